The van der Waals surface area contributed by atoms with Crippen LogP contribution in [0.15, 0.2) is 55.0 Å². The zero-order valence-electron chi connectivity index (χ0n) is 18.7. The summed E-state index contributed by atoms with van der Waals surface area (Å²) in [4.78, 5) is 11.8. The molecule has 0 unspecified atom stereocenters. The molecule has 0 aliphatic carbocycles. The number of anilines is 1. The maximum atomic E-state index is 14.9. The summed E-state index contributed by atoms with van der Waals surface area (Å²) < 4.78 is 32.6. The largest absolute Gasteiger partial charge is 0.381 e. The molecule has 5 aromatic rings. The van der Waals surface area contributed by atoms with Crippen molar-refractivity contribution in [3.63, 3.8) is 0 Å². The van der Waals surface area contributed by atoms with E-state index in [2.05, 4.69) is 31.1 Å². The molecule has 0 atom stereocenters. The maximum absolute atomic E-state index is 14.9. The van der Waals surface area contributed by atoms with Gasteiger partial charge >= 0.3 is 0 Å². The number of rotatable bonds is 6. The predicted molar refractivity (Wildman–Crippen MR) is 128 cm³/mol. The predicted octanol–water partition coefficient (Wildman–Crippen LogP) is 4.57. The van der Waals surface area contributed by atoms with E-state index in [1.54, 1.807) is 35.3 Å². The second-order valence-corrected chi connectivity index (χ2v) is 7.90. The normalized spacial score (nSPS) is 10.9. The van der Waals surface area contributed by atoms with Crippen LogP contribution in [0.5, 0.6) is 0 Å². The van der Waals surface area contributed by atoms with Crippen molar-refractivity contribution in [3.05, 3.63) is 89.4 Å². The zero-order valence-corrected chi connectivity index (χ0v) is 18.7. The quantitative estimate of drug-likeness (QED) is 0.355. The zero-order chi connectivity index (χ0) is 25.2. The monoisotopic (exact) mass is 481 g/mol. The van der Waals surface area contributed by atoms with Gasteiger partial charge in [-0.05, 0) is 11.6 Å². The summed E-state index contributed by atoms with van der Waals surface area (Å²) >= 11 is 0. The summed E-state index contributed by atoms with van der Waals surface area (Å²) in [5.41, 5.74) is 8.21. The molecule has 0 amide bonds. The van der Waals surface area contributed by atoms with Crippen LogP contribution in [0.3, 0.4) is 0 Å². The third-order valence-electron chi connectivity index (χ3n) is 5.62. The van der Waals surface area contributed by atoms with Gasteiger partial charge in [-0.2, -0.15) is 15.5 Å². The highest BCUT2D eigenvalue weighted by atomic mass is 19.1. The minimum Gasteiger partial charge on any atom is -0.381 e. The molecule has 0 aliphatic heterocycles. The molecule has 11 heteroatoms. The smallest absolute Gasteiger partial charge is 0.222 e. The molecule has 9 nitrogen and oxygen atoms in total. The van der Waals surface area contributed by atoms with Gasteiger partial charge in [-0.1, -0.05) is 30.3 Å². The Morgan fingerprint density at radius 1 is 1.08 bits per heavy atom. The van der Waals surface area contributed by atoms with Gasteiger partial charge in [0.25, 0.3) is 0 Å². The lowest BCUT2D eigenvalue weighted by atomic mass is 9.99. The van der Waals surface area contributed by atoms with Gasteiger partial charge in [-0.15, -0.1) is 0 Å². The second kappa shape index (κ2) is 9.24. The number of aryl methyl sites for hydroxylation is 1. The molecular weight excluding hydrogens is 464 g/mol. The van der Waals surface area contributed by atoms with Crippen LogP contribution in [-0.4, -0.2) is 29.4 Å². The standard InChI is InChI=1S/C25H17F2N9/c1-30-20-8-3-6-17(23(20)27)21-14-36-25(24(29)32-21)33-22(34-36)11-18-16(5-2-7-19(18)26)15-12-31-35(13-15)10-4-9-28/h2-3,5-8,12-14H,4,10-11H2,(H2,29,32). The first-order valence-corrected chi connectivity index (χ1v) is 10.8. The number of benzene rings is 2. The molecule has 5 rings (SSSR count). The first kappa shape index (κ1) is 22.6. The highest BCUT2D eigenvalue weighted by Crippen LogP contribution is 2.30. The Morgan fingerprint density at radius 2 is 1.89 bits per heavy atom. The number of nitrogens with two attached hydrogens (primary N) is 1. The van der Waals surface area contributed by atoms with Gasteiger partial charge < -0.3 is 5.73 Å². The first-order chi connectivity index (χ1) is 17.5. The van der Waals surface area contributed by atoms with E-state index in [0.29, 0.717) is 35.5 Å². The maximum Gasteiger partial charge on any atom is 0.222 e. The average Bonchev–Trinajstić information content (AvgIpc) is 3.51. The van der Waals surface area contributed by atoms with E-state index in [1.807, 2.05) is 0 Å². The first-order valence-electron chi connectivity index (χ1n) is 10.8. The van der Waals surface area contributed by atoms with Crippen molar-refractivity contribution in [3.8, 4) is 28.5 Å². The third-order valence-corrected chi connectivity index (χ3v) is 5.62. The van der Waals surface area contributed by atoms with E-state index >= 15 is 0 Å². The van der Waals surface area contributed by atoms with E-state index in [0.717, 1.165) is 0 Å². The van der Waals surface area contributed by atoms with Gasteiger partial charge in [0.2, 0.25) is 5.69 Å². The Kier molecular flexibility index (Phi) is 5.80. The third kappa shape index (κ3) is 4.10. The number of halogens is 2. The van der Waals surface area contributed by atoms with Crippen LogP contribution in [0.4, 0.5) is 20.3 Å². The summed E-state index contributed by atoms with van der Waals surface area (Å²) in [5.74, 6) is -0.822. The Labute approximate surface area is 203 Å². The SMILES string of the molecule is [C-]#[N+]c1cccc(-c2cn3nc(Cc4c(F)cccc4-c4cnn(CCC#N)c4)nc3c(N)n2)c1F. The molecule has 0 aliphatic rings. The Hall–Kier alpha value is -5.16. The molecule has 3 heterocycles. The summed E-state index contributed by atoms with van der Waals surface area (Å²) in [6, 6.07) is 11.2. The molecule has 3 aromatic heterocycles. The van der Waals surface area contributed by atoms with Crippen molar-refractivity contribution in [2.45, 2.75) is 19.4 Å². The molecule has 0 bridgehead atoms. The number of hydrogen-bond acceptors (Lipinski definition) is 6. The average molecular weight is 481 g/mol. The van der Waals surface area contributed by atoms with Gasteiger partial charge in [-0.25, -0.2) is 28.1 Å². The number of hydrogen-bond donors (Lipinski definition) is 1. The minimum atomic E-state index is -0.703. The van der Waals surface area contributed by atoms with Gasteiger partial charge in [0.05, 0.1) is 43.7 Å². The molecular formula is C25H17F2N9. The van der Waals surface area contributed by atoms with Crippen LogP contribution in [0, 0.1) is 29.5 Å². The van der Waals surface area contributed by atoms with Gasteiger partial charge in [0, 0.05) is 29.3 Å². The summed E-state index contributed by atoms with van der Waals surface area (Å²) in [6.07, 6.45) is 5.21. The fourth-order valence-electron chi connectivity index (χ4n) is 3.92. The molecule has 0 fully saturated rings. The van der Waals surface area contributed by atoms with Gasteiger partial charge in [0.1, 0.15) is 11.6 Å². The Morgan fingerprint density at radius 3 is 2.69 bits per heavy atom. The molecule has 0 saturated heterocycles. The molecule has 2 N–H and O–H groups in total. The number of fused-ring (bicyclic) bond motifs is 1. The van der Waals surface area contributed by atoms with Crippen molar-refractivity contribution in [2.75, 3.05) is 5.73 Å². The highest BCUT2D eigenvalue weighted by molar-refractivity contribution is 5.71. The Balaban J connectivity index is 1.52. The van der Waals surface area contributed by atoms with Gasteiger partial charge in [0.15, 0.2) is 17.3 Å². The summed E-state index contributed by atoms with van der Waals surface area (Å²) in [5, 5.41) is 17.5. The summed E-state index contributed by atoms with van der Waals surface area (Å²) in [6.45, 7) is 7.55. The fraction of sp³-hybridized carbons (Fsp3) is 0.120. The molecule has 0 radical (unpaired) electrons. The van der Waals surface area contributed by atoms with Crippen molar-refractivity contribution in [2.24, 2.45) is 0 Å². The molecule has 0 spiro atoms. The molecule has 0 saturated carbocycles. The van der Waals surface area contributed by atoms with Crippen molar-refractivity contribution in [1.29, 1.82) is 5.26 Å². The fourth-order valence-corrected chi connectivity index (χ4v) is 3.92. The number of nitrogens with zero attached hydrogens (tertiary/aromatic N) is 8. The van der Waals surface area contributed by atoms with Crippen LogP contribution in [0.2, 0.25) is 0 Å². The molecule has 36 heavy (non-hydrogen) atoms. The topological polar surface area (TPSA) is 115 Å². The number of nitriles is 1. The van der Waals surface area contributed by atoms with Crippen LogP contribution in [0.1, 0.15) is 17.8 Å². The molecule has 2 aromatic carbocycles. The lowest BCUT2D eigenvalue weighted by molar-refractivity contribution is 0.612. The Bertz CT molecular complexity index is 1690. The lowest BCUT2D eigenvalue weighted by Crippen LogP contribution is -2.01. The van der Waals surface area contributed by atoms with Gasteiger partial charge in [-0.3, -0.25) is 4.68 Å². The minimum absolute atomic E-state index is 0.0198. The van der Waals surface area contributed by atoms with Crippen LogP contribution in [0.25, 0.3) is 32.9 Å². The number of nitrogen functional groups attached to an aromatic ring is 1. The van der Waals surface area contributed by atoms with E-state index in [1.165, 1.54) is 28.9 Å². The summed E-state index contributed by atoms with van der Waals surface area (Å²) in [7, 11) is 0. The molecule has 176 valence electrons. The lowest BCUT2D eigenvalue weighted by Gasteiger charge is -2.07. The van der Waals surface area contributed by atoms with E-state index in [-0.39, 0.29) is 34.8 Å². The van der Waals surface area contributed by atoms with Crippen LogP contribution < -0.4 is 5.73 Å². The van der Waals surface area contributed by atoms with E-state index in [9.17, 15) is 8.78 Å². The second-order valence-electron chi connectivity index (χ2n) is 7.90. The van der Waals surface area contributed by atoms with Crippen molar-refractivity contribution < 1.29 is 8.78 Å². The van der Waals surface area contributed by atoms with E-state index < -0.39 is 11.6 Å². The van der Waals surface area contributed by atoms with Crippen molar-refractivity contribution >= 4 is 17.2 Å². The number of aromatic nitrogens is 6. The van der Waals surface area contributed by atoms with Crippen molar-refractivity contribution in [1.82, 2.24) is 29.4 Å². The van der Waals surface area contributed by atoms with Crippen LogP contribution >= 0.6 is 0 Å². The highest BCUT2D eigenvalue weighted by Gasteiger charge is 2.18. The van der Waals surface area contributed by atoms with E-state index in [4.69, 9.17) is 17.6 Å². The van der Waals surface area contributed by atoms with Crippen LogP contribution in [-0.2, 0) is 13.0 Å².